The molecule has 8 aromatic rings. The average molecular weight is 1190 g/mol. The van der Waals surface area contributed by atoms with Crippen LogP contribution in [0, 0.1) is 0 Å². The van der Waals surface area contributed by atoms with Gasteiger partial charge in [0.05, 0.1) is 113 Å². The second-order valence-electron chi connectivity index (χ2n) is 17.4. The number of aromatic nitrogens is 12. The molecule has 0 amide bonds. The van der Waals surface area contributed by atoms with Gasteiger partial charge in [-0.3, -0.25) is 19.4 Å². The van der Waals surface area contributed by atoms with Gasteiger partial charge in [-0.1, -0.05) is 67.9 Å². The number of halogens is 4. The van der Waals surface area contributed by atoms with Gasteiger partial charge in [0.25, 0.3) is 0 Å². The van der Waals surface area contributed by atoms with Crippen LogP contribution in [0.15, 0.2) is 97.1 Å². The fraction of sp³-hybridized carbons (Fsp3) is 0.333. The molecule has 32 nitrogen and oxygen atoms in total. The second kappa shape index (κ2) is 35.7. The molecule has 4 heterocycles. The van der Waals surface area contributed by atoms with Crippen molar-refractivity contribution in [1.82, 2.24) is 80.2 Å². The van der Waals surface area contributed by atoms with E-state index in [-0.39, 0.29) is 0 Å². The van der Waals surface area contributed by atoms with Crippen LogP contribution < -0.4 is 39.8 Å². The van der Waals surface area contributed by atoms with E-state index < -0.39 is 24.9 Å². The number of carbonyl (C=O) groups is 4. The van der Waals surface area contributed by atoms with Crippen molar-refractivity contribution in [3.05, 3.63) is 97.1 Å². The smallest absolute Gasteiger partial charge is 0.471 e. The molecule has 0 fully saturated rings. The fourth-order valence-corrected chi connectivity index (χ4v) is 6.22. The maximum atomic E-state index is 9.81. The van der Waals surface area contributed by atoms with Crippen molar-refractivity contribution < 1.29 is 94.8 Å². The molecule has 0 spiro atoms. The van der Waals surface area contributed by atoms with Crippen LogP contribution in [0.2, 0.25) is 0 Å². The van der Waals surface area contributed by atoms with Crippen LogP contribution in [0.1, 0.15) is 0 Å². The molecule has 8 rings (SSSR count). The molecule has 0 N–H and O–H groups in total. The van der Waals surface area contributed by atoms with E-state index in [9.17, 15) is 17.6 Å². The van der Waals surface area contributed by atoms with Crippen LogP contribution in [0.25, 0.3) is 44.1 Å². The quantitative estimate of drug-likeness (QED) is 0.0573. The summed E-state index contributed by atoms with van der Waals surface area (Å²) >= 11 is 0. The number of nitrogens with zero attached hydrogens (tertiary/aromatic N) is 20. The van der Waals surface area contributed by atoms with E-state index in [2.05, 4.69) is 41.2 Å². The summed E-state index contributed by atoms with van der Waals surface area (Å²) in [5.41, 5.74) is 6.60. The maximum Gasteiger partial charge on any atom is 0.471 e. The highest BCUT2D eigenvalue weighted by molar-refractivity contribution is 5.78. The summed E-state index contributed by atoms with van der Waals surface area (Å²) in [6.07, 6.45) is -10.3. The molecule has 0 radical (unpaired) electrons. The van der Waals surface area contributed by atoms with Crippen LogP contribution in [0.4, 0.5) is 36.7 Å². The van der Waals surface area contributed by atoms with Gasteiger partial charge < -0.3 is 39.6 Å². The van der Waals surface area contributed by atoms with Gasteiger partial charge in [-0.2, -0.15) is 17.6 Å². The third-order valence-corrected chi connectivity index (χ3v) is 9.02. The Morgan fingerprint density at radius 3 is 0.619 bits per heavy atom. The van der Waals surface area contributed by atoms with Gasteiger partial charge in [-0.25, -0.2) is 37.9 Å². The first-order chi connectivity index (χ1) is 39.3. The summed E-state index contributed by atoms with van der Waals surface area (Å²) in [6.45, 7) is 0. The number of hydrogen-bond donors (Lipinski definition) is 0. The van der Waals surface area contributed by atoms with Gasteiger partial charge in [0.1, 0.15) is 44.1 Å². The largest absolute Gasteiger partial charge is 0.520 e. The van der Waals surface area contributed by atoms with Crippen LogP contribution in [0.3, 0.4) is 0 Å². The maximum absolute atomic E-state index is 9.81. The molecule has 36 heteroatoms. The molecular formula is C48H64F4N20O12. The zero-order chi connectivity index (χ0) is 64.0. The number of hydrogen-bond acceptors (Lipinski definition) is 20. The zero-order valence-corrected chi connectivity index (χ0v) is 48.6. The number of rotatable bonds is 4. The SMILES string of the molecule is CN(C)C(On1nnc2ccccc21)=[N+](C)C.CN(C)C(On1nnc2ccccc21)=[N+](C)C.CN(C)C(On1nnc2ccccc21)=[N+](C)C.CN(C)C(On1nnc2ccccc21)=[N+](C)C.O=C([O-])F.O=C([O-])F.O=C([O-])F.O=C([O-])F. The Morgan fingerprint density at radius 1 is 0.345 bits per heavy atom. The normalized spacial score (nSPS) is 9.57. The lowest BCUT2D eigenvalue weighted by Gasteiger charge is -2.10. The number of benzene rings is 4. The number of carboxylic acid groups (broad SMARTS) is 4. The molecule has 0 aliphatic heterocycles. The molecule has 84 heavy (non-hydrogen) atoms. The summed E-state index contributed by atoms with van der Waals surface area (Å²) in [4.78, 5) is 68.9. The van der Waals surface area contributed by atoms with Crippen LogP contribution in [-0.4, -0.2) is 260 Å². The van der Waals surface area contributed by atoms with E-state index >= 15 is 0 Å². The minimum atomic E-state index is -2.58. The summed E-state index contributed by atoms with van der Waals surface area (Å²) in [7, 11) is 30.6. The van der Waals surface area contributed by atoms with Crippen molar-refractivity contribution in [3.63, 3.8) is 0 Å². The molecule has 0 aliphatic rings. The number of fused-ring (bicyclic) bond motifs is 4. The molecular weight excluding hydrogens is 1120 g/mol. The van der Waals surface area contributed by atoms with E-state index in [4.69, 9.17) is 59.0 Å². The van der Waals surface area contributed by atoms with Gasteiger partial charge in [-0.05, 0) is 69.4 Å². The predicted octanol–water partition coefficient (Wildman–Crippen LogP) is -2.60. The van der Waals surface area contributed by atoms with Gasteiger partial charge >= 0.3 is 24.1 Å². The van der Waals surface area contributed by atoms with Gasteiger partial charge in [0.15, 0.2) is 0 Å². The second-order valence-corrected chi connectivity index (χ2v) is 17.4. The lowest BCUT2D eigenvalue weighted by atomic mass is 10.3. The van der Waals surface area contributed by atoms with Crippen molar-refractivity contribution >= 4 is 93.1 Å². The number of para-hydroxylation sites is 4. The Labute approximate surface area is 477 Å². The lowest BCUT2D eigenvalue weighted by Crippen LogP contribution is -2.39. The van der Waals surface area contributed by atoms with Crippen molar-refractivity contribution in [2.24, 2.45) is 0 Å². The third-order valence-electron chi connectivity index (χ3n) is 9.02. The van der Waals surface area contributed by atoms with Crippen molar-refractivity contribution in [2.75, 3.05) is 113 Å². The van der Waals surface area contributed by atoms with E-state index in [1.807, 2.05) is 248 Å². The fourth-order valence-electron chi connectivity index (χ4n) is 6.22. The predicted molar refractivity (Wildman–Crippen MR) is 286 cm³/mol. The summed E-state index contributed by atoms with van der Waals surface area (Å²) < 4.78 is 46.7. The van der Waals surface area contributed by atoms with Crippen molar-refractivity contribution in [2.45, 2.75) is 0 Å². The van der Waals surface area contributed by atoms with Gasteiger partial charge in [0.2, 0.25) is 24.9 Å². The highest BCUT2D eigenvalue weighted by Gasteiger charge is 2.21. The highest BCUT2D eigenvalue weighted by Crippen LogP contribution is 2.11. The van der Waals surface area contributed by atoms with E-state index in [0.717, 1.165) is 44.1 Å². The Hall–Kier alpha value is -10.8. The highest BCUT2D eigenvalue weighted by atomic mass is 19.2. The average Bonchev–Trinajstić information content (AvgIpc) is 4.32. The Bertz CT molecular complexity index is 3040. The van der Waals surface area contributed by atoms with E-state index in [0.29, 0.717) is 24.1 Å². The molecule has 0 saturated heterocycles. The number of amidine groups is 4. The molecule has 0 saturated carbocycles. The first kappa shape index (κ1) is 71.2. The Morgan fingerprint density at radius 2 is 0.488 bits per heavy atom. The number of carbonyl (C=O) groups excluding carboxylic acids is 4. The molecule has 0 aliphatic carbocycles. The molecule has 0 atom stereocenters. The topological polar surface area (TPSA) is 345 Å². The van der Waals surface area contributed by atoms with Crippen LogP contribution in [-0.2, 0) is 0 Å². The Kier molecular flexibility index (Phi) is 30.3. The zero-order valence-electron chi connectivity index (χ0n) is 48.6. The van der Waals surface area contributed by atoms with Crippen molar-refractivity contribution in [3.8, 4) is 0 Å². The molecule has 0 unspecified atom stereocenters. The minimum Gasteiger partial charge on any atom is -0.520 e. The summed E-state index contributed by atoms with van der Waals surface area (Å²) in [6, 6.07) is 33.4. The monoisotopic (exact) mass is 1190 g/mol. The molecule has 456 valence electrons. The van der Waals surface area contributed by atoms with Gasteiger partial charge in [0, 0.05) is 0 Å². The van der Waals surface area contributed by atoms with E-state index in [1.165, 1.54) is 19.4 Å². The molecule has 4 aromatic heterocycles. The lowest BCUT2D eigenvalue weighted by molar-refractivity contribution is -0.480. The van der Waals surface area contributed by atoms with Gasteiger partial charge in [-0.15, -0.1) is 20.4 Å². The third kappa shape index (κ3) is 25.5. The Balaban J connectivity index is 0.000000514. The summed E-state index contributed by atoms with van der Waals surface area (Å²) in [5, 5.41) is 64.9. The van der Waals surface area contributed by atoms with Crippen LogP contribution >= 0.6 is 0 Å². The molecule has 4 aromatic carbocycles. The molecule has 0 bridgehead atoms. The summed E-state index contributed by atoms with van der Waals surface area (Å²) in [5.74, 6) is 0. The van der Waals surface area contributed by atoms with Crippen LogP contribution in [0.5, 0.6) is 0 Å². The van der Waals surface area contributed by atoms with Crippen molar-refractivity contribution in [1.29, 1.82) is 0 Å². The standard InChI is InChI=1S/4C11H16N5O.4CHFO2/c4*1-14(2)11(15(3)4)17-16-10-8-6-5-7-9(10)12-13-16;4*2-1(3)4/h4*5-8H,1-4H3;4*(H,3,4)/q4*+1;;;;/p-4. The first-order valence-corrected chi connectivity index (χ1v) is 23.6. The first-order valence-electron chi connectivity index (χ1n) is 23.6. The minimum absolute atomic E-state index is 0.681. The van der Waals surface area contributed by atoms with E-state index in [1.54, 1.807) is 0 Å².